The van der Waals surface area contributed by atoms with Crippen molar-refractivity contribution in [2.24, 2.45) is 11.8 Å². The number of hydrogen-bond acceptors (Lipinski definition) is 4. The molecule has 0 aromatic carbocycles. The van der Waals surface area contributed by atoms with Crippen molar-refractivity contribution < 1.29 is 22.7 Å². The van der Waals surface area contributed by atoms with Gasteiger partial charge >= 0.3 is 0 Å². The van der Waals surface area contributed by atoms with Gasteiger partial charge in [0.2, 0.25) is 11.8 Å². The number of alkyl halides is 2. The minimum absolute atomic E-state index is 0.0175. The maximum atomic E-state index is 13.0. The molecule has 3 aliphatic rings. The molecule has 24 heavy (non-hydrogen) atoms. The van der Waals surface area contributed by atoms with E-state index in [0.717, 1.165) is 25.2 Å². The summed E-state index contributed by atoms with van der Waals surface area (Å²) in [6.45, 7) is 4.26. The average molecular weight is 340 g/mol. The zero-order valence-electron chi connectivity index (χ0n) is 13.5. The summed E-state index contributed by atoms with van der Waals surface area (Å²) in [7, 11) is 0. The molecule has 1 saturated carbocycles. The van der Waals surface area contributed by atoms with E-state index in [1.54, 1.807) is 17.4 Å². The first kappa shape index (κ1) is 16.0. The van der Waals surface area contributed by atoms with Gasteiger partial charge in [0.05, 0.1) is 25.2 Å². The van der Waals surface area contributed by atoms with Gasteiger partial charge in [-0.3, -0.25) is 9.69 Å². The fourth-order valence-electron chi connectivity index (χ4n) is 4.02. The van der Waals surface area contributed by atoms with E-state index in [1.165, 1.54) is 0 Å². The number of hydrogen-bond donors (Lipinski definition) is 0. The van der Waals surface area contributed by atoms with Crippen LogP contribution in [0.1, 0.15) is 18.4 Å². The lowest BCUT2D eigenvalue weighted by molar-refractivity contribution is -0.159. The SMILES string of the molecule is O=C(C1CC(F)(F)C1)N1C[C@H]2CN(Cc3ccoc3)CCO[C@H]2C1. The molecule has 4 rings (SSSR count). The number of furan rings is 1. The zero-order valence-corrected chi connectivity index (χ0v) is 13.5. The molecule has 1 aromatic rings. The minimum atomic E-state index is -2.65. The Hall–Kier alpha value is -1.47. The van der Waals surface area contributed by atoms with E-state index >= 15 is 0 Å². The van der Waals surface area contributed by atoms with Crippen molar-refractivity contribution in [3.05, 3.63) is 24.2 Å². The molecule has 1 aromatic heterocycles. The summed E-state index contributed by atoms with van der Waals surface area (Å²) >= 11 is 0. The van der Waals surface area contributed by atoms with Gasteiger partial charge in [-0.1, -0.05) is 0 Å². The molecule has 1 amide bonds. The zero-order chi connectivity index (χ0) is 16.7. The Labute approximate surface area is 139 Å². The fourth-order valence-corrected chi connectivity index (χ4v) is 4.02. The summed E-state index contributed by atoms with van der Waals surface area (Å²) in [5, 5.41) is 0. The normalized spacial score (nSPS) is 30.7. The van der Waals surface area contributed by atoms with Crippen LogP contribution in [0, 0.1) is 11.8 Å². The van der Waals surface area contributed by atoms with E-state index in [0.29, 0.717) is 19.7 Å². The Bertz CT molecular complexity index is 585. The van der Waals surface area contributed by atoms with Gasteiger partial charge in [-0.15, -0.1) is 0 Å². The molecular formula is C17H22F2N2O3. The van der Waals surface area contributed by atoms with E-state index < -0.39 is 11.8 Å². The molecule has 2 aliphatic heterocycles. The summed E-state index contributed by atoms with van der Waals surface area (Å²) in [4.78, 5) is 16.4. The number of fused-ring (bicyclic) bond motifs is 1. The standard InChI is InChI=1S/C17H22F2N2O3/c18-17(19)5-13(6-17)16(22)21-9-14-8-20(2-4-24-15(14)10-21)7-12-1-3-23-11-12/h1,3,11,13-15H,2,4-10H2/t14-,15+/m1/s1. The van der Waals surface area contributed by atoms with Gasteiger partial charge in [0.25, 0.3) is 0 Å². The number of nitrogens with zero attached hydrogens (tertiary/aromatic N) is 2. The van der Waals surface area contributed by atoms with Crippen LogP contribution < -0.4 is 0 Å². The number of amides is 1. The third-order valence-electron chi connectivity index (χ3n) is 5.35. The number of likely N-dealkylation sites (tertiary alicyclic amines) is 1. The summed E-state index contributed by atoms with van der Waals surface area (Å²) in [6.07, 6.45) is 2.82. The van der Waals surface area contributed by atoms with Gasteiger partial charge in [-0.25, -0.2) is 8.78 Å². The summed E-state index contributed by atoms with van der Waals surface area (Å²) in [6, 6.07) is 1.95. The van der Waals surface area contributed by atoms with Gasteiger partial charge in [0, 0.05) is 63.0 Å². The second-order valence-electron chi connectivity index (χ2n) is 7.24. The third-order valence-corrected chi connectivity index (χ3v) is 5.35. The molecule has 3 heterocycles. The van der Waals surface area contributed by atoms with Gasteiger partial charge in [0.1, 0.15) is 0 Å². The van der Waals surface area contributed by atoms with Crippen LogP contribution in [-0.2, 0) is 16.1 Å². The summed E-state index contributed by atoms with van der Waals surface area (Å²) in [5.41, 5.74) is 1.12. The molecule has 0 spiro atoms. The molecule has 0 N–H and O–H groups in total. The number of rotatable bonds is 3. The summed E-state index contributed by atoms with van der Waals surface area (Å²) < 4.78 is 37.0. The molecule has 2 saturated heterocycles. The van der Waals surface area contributed by atoms with Crippen LogP contribution in [0.25, 0.3) is 0 Å². The predicted molar refractivity (Wildman–Crippen MR) is 81.5 cm³/mol. The molecule has 0 bridgehead atoms. The molecule has 5 nitrogen and oxygen atoms in total. The maximum Gasteiger partial charge on any atom is 0.249 e. The number of halogens is 2. The molecule has 132 valence electrons. The first-order valence-corrected chi connectivity index (χ1v) is 8.52. The summed E-state index contributed by atoms with van der Waals surface area (Å²) in [5.74, 6) is -3.05. The molecule has 7 heteroatoms. The van der Waals surface area contributed by atoms with Crippen LogP contribution in [0.4, 0.5) is 8.78 Å². The largest absolute Gasteiger partial charge is 0.472 e. The van der Waals surface area contributed by atoms with Crippen molar-refractivity contribution in [1.29, 1.82) is 0 Å². The highest BCUT2D eigenvalue weighted by Gasteiger charge is 2.51. The lowest BCUT2D eigenvalue weighted by Gasteiger charge is -2.36. The molecule has 3 fully saturated rings. The van der Waals surface area contributed by atoms with Crippen molar-refractivity contribution in [3.8, 4) is 0 Å². The molecule has 0 radical (unpaired) electrons. The molecule has 2 atom stereocenters. The predicted octanol–water partition coefficient (Wildman–Crippen LogP) is 1.98. The van der Waals surface area contributed by atoms with Crippen molar-refractivity contribution >= 4 is 5.91 Å². The van der Waals surface area contributed by atoms with Crippen molar-refractivity contribution in [3.63, 3.8) is 0 Å². The van der Waals surface area contributed by atoms with Gasteiger partial charge in [0.15, 0.2) is 0 Å². The smallest absolute Gasteiger partial charge is 0.249 e. The highest BCUT2D eigenvalue weighted by Crippen LogP contribution is 2.43. The van der Waals surface area contributed by atoms with Gasteiger partial charge < -0.3 is 14.1 Å². The van der Waals surface area contributed by atoms with Crippen molar-refractivity contribution in [2.75, 3.05) is 32.8 Å². The van der Waals surface area contributed by atoms with E-state index in [1.807, 2.05) is 6.07 Å². The Kier molecular flexibility index (Phi) is 4.08. The van der Waals surface area contributed by atoms with Crippen LogP contribution in [-0.4, -0.2) is 60.5 Å². The number of carbonyl (C=O) groups is 1. The minimum Gasteiger partial charge on any atom is -0.472 e. The van der Waals surface area contributed by atoms with Crippen LogP contribution >= 0.6 is 0 Å². The molecule has 1 aliphatic carbocycles. The van der Waals surface area contributed by atoms with Crippen molar-refractivity contribution in [1.82, 2.24) is 9.80 Å². The Morgan fingerprint density at radius 1 is 1.29 bits per heavy atom. The fraction of sp³-hybridized carbons (Fsp3) is 0.706. The van der Waals surface area contributed by atoms with E-state index in [9.17, 15) is 13.6 Å². The lowest BCUT2D eigenvalue weighted by atomic mass is 9.80. The number of carbonyl (C=O) groups excluding carboxylic acids is 1. The monoisotopic (exact) mass is 340 g/mol. The topological polar surface area (TPSA) is 45.9 Å². The highest BCUT2D eigenvalue weighted by atomic mass is 19.3. The van der Waals surface area contributed by atoms with Gasteiger partial charge in [-0.05, 0) is 6.07 Å². The maximum absolute atomic E-state index is 13.0. The Morgan fingerprint density at radius 2 is 2.12 bits per heavy atom. The highest BCUT2D eigenvalue weighted by molar-refractivity contribution is 5.80. The van der Waals surface area contributed by atoms with Crippen LogP contribution in [0.3, 0.4) is 0 Å². The van der Waals surface area contributed by atoms with E-state index in [4.69, 9.17) is 9.15 Å². The van der Waals surface area contributed by atoms with Crippen molar-refractivity contribution in [2.45, 2.75) is 31.4 Å². The first-order chi connectivity index (χ1) is 11.5. The Morgan fingerprint density at radius 3 is 2.83 bits per heavy atom. The second-order valence-corrected chi connectivity index (χ2v) is 7.24. The van der Waals surface area contributed by atoms with Crippen LogP contribution in [0.2, 0.25) is 0 Å². The van der Waals surface area contributed by atoms with Crippen LogP contribution in [0.15, 0.2) is 23.0 Å². The number of ether oxygens (including phenoxy) is 1. The Balaban J connectivity index is 1.35. The van der Waals surface area contributed by atoms with Crippen LogP contribution in [0.5, 0.6) is 0 Å². The first-order valence-electron chi connectivity index (χ1n) is 8.52. The van der Waals surface area contributed by atoms with Gasteiger partial charge in [-0.2, -0.15) is 0 Å². The molecule has 0 unspecified atom stereocenters. The third kappa shape index (κ3) is 3.19. The lowest BCUT2D eigenvalue weighted by Crippen LogP contribution is -2.46. The van der Waals surface area contributed by atoms with E-state index in [-0.39, 0.29) is 30.8 Å². The van der Waals surface area contributed by atoms with E-state index in [2.05, 4.69) is 4.90 Å². The quantitative estimate of drug-likeness (QED) is 0.844. The second kappa shape index (κ2) is 6.11. The average Bonchev–Trinajstić information content (AvgIpc) is 3.11. The molecular weight excluding hydrogens is 318 g/mol.